The van der Waals surface area contributed by atoms with Crippen LogP contribution in [0.4, 0.5) is 0 Å². The molecule has 6 heteroatoms. The van der Waals surface area contributed by atoms with Gasteiger partial charge in [0.1, 0.15) is 11.5 Å². The van der Waals surface area contributed by atoms with Crippen LogP contribution in [-0.4, -0.2) is 47.4 Å². The summed E-state index contributed by atoms with van der Waals surface area (Å²) in [6.45, 7) is 4.30. The van der Waals surface area contributed by atoms with Crippen molar-refractivity contribution in [3.63, 3.8) is 0 Å². The number of carbonyl (C=O) groups is 1. The number of likely N-dealkylation sites (tertiary alicyclic amines) is 1. The molecule has 0 saturated carbocycles. The molecule has 0 bridgehead atoms. The molecule has 1 aliphatic heterocycles. The Labute approximate surface area is 199 Å². The van der Waals surface area contributed by atoms with Gasteiger partial charge in [-0.2, -0.15) is 0 Å². The number of fused-ring (bicyclic) bond motifs is 2. The van der Waals surface area contributed by atoms with Gasteiger partial charge in [0.05, 0.1) is 0 Å². The maximum absolute atomic E-state index is 13.3. The largest absolute Gasteiger partial charge is 0.384 e. The Hall–Kier alpha value is -3.64. The van der Waals surface area contributed by atoms with E-state index in [4.69, 9.17) is 11.1 Å². The van der Waals surface area contributed by atoms with Gasteiger partial charge in [0.25, 0.3) is 5.91 Å². The molecule has 1 amide bonds. The smallest absolute Gasteiger partial charge is 0.267 e. The summed E-state index contributed by atoms with van der Waals surface area (Å²) < 4.78 is 2.06. The summed E-state index contributed by atoms with van der Waals surface area (Å²) in [5.41, 5.74) is 9.11. The first-order chi connectivity index (χ1) is 16.6. The predicted octanol–water partition coefficient (Wildman–Crippen LogP) is 4.34. The number of amidine groups is 1. The van der Waals surface area contributed by atoms with Gasteiger partial charge in [0.15, 0.2) is 0 Å². The van der Waals surface area contributed by atoms with Gasteiger partial charge in [-0.25, -0.2) is 0 Å². The van der Waals surface area contributed by atoms with Crippen LogP contribution in [0, 0.1) is 5.41 Å². The molecule has 0 unspecified atom stereocenters. The highest BCUT2D eigenvalue weighted by Gasteiger charge is 2.18. The van der Waals surface area contributed by atoms with E-state index in [0.717, 1.165) is 36.1 Å². The summed E-state index contributed by atoms with van der Waals surface area (Å²) in [4.78, 5) is 15.8. The van der Waals surface area contributed by atoms with Crippen LogP contribution in [0.2, 0.25) is 0 Å². The number of amides is 1. The van der Waals surface area contributed by atoms with Crippen LogP contribution in [0.3, 0.4) is 0 Å². The summed E-state index contributed by atoms with van der Waals surface area (Å²) in [6, 6.07) is 22.2. The molecule has 174 valence electrons. The summed E-state index contributed by atoms with van der Waals surface area (Å²) in [5, 5.41) is 14.3. The van der Waals surface area contributed by atoms with Crippen LogP contribution in [0.25, 0.3) is 21.7 Å². The fourth-order valence-electron chi connectivity index (χ4n) is 4.98. The van der Waals surface area contributed by atoms with Crippen molar-refractivity contribution in [1.82, 2.24) is 14.8 Å². The zero-order valence-electron chi connectivity index (χ0n) is 19.4. The zero-order chi connectivity index (χ0) is 23.5. The maximum Gasteiger partial charge on any atom is 0.267 e. The number of rotatable bonds is 7. The summed E-state index contributed by atoms with van der Waals surface area (Å²) in [7, 11) is 0. The molecule has 34 heavy (non-hydrogen) atoms. The Balaban J connectivity index is 1.48. The van der Waals surface area contributed by atoms with Crippen molar-refractivity contribution in [1.29, 1.82) is 5.41 Å². The van der Waals surface area contributed by atoms with E-state index in [9.17, 15) is 4.79 Å². The van der Waals surface area contributed by atoms with Crippen LogP contribution in [0.15, 0.2) is 66.7 Å². The van der Waals surface area contributed by atoms with E-state index in [2.05, 4.69) is 45.1 Å². The minimum Gasteiger partial charge on any atom is -0.384 e. The first-order valence-electron chi connectivity index (χ1n) is 12.0. The number of benzene rings is 3. The van der Waals surface area contributed by atoms with Gasteiger partial charge in [-0.1, -0.05) is 61.0 Å². The summed E-state index contributed by atoms with van der Waals surface area (Å²) in [6.07, 6.45) is 3.79. The lowest BCUT2D eigenvalue weighted by atomic mass is 10.0. The second kappa shape index (κ2) is 9.69. The van der Waals surface area contributed by atoms with Gasteiger partial charge >= 0.3 is 0 Å². The predicted molar refractivity (Wildman–Crippen MR) is 139 cm³/mol. The lowest BCUT2D eigenvalue weighted by Crippen LogP contribution is -2.38. The maximum atomic E-state index is 13.3. The standard InChI is InChI=1S/C28H31N5O/c29-27(30)22-12-11-21-17-26(28(34)31-13-16-32-14-4-1-5-15-32)33(25(21)18-22)19-23-9-6-8-20-7-2-3-10-24(20)23/h2-3,6-12,17-18H,1,4-5,13-16,19H2,(H3,29,30)(H,31,34). The van der Waals surface area contributed by atoms with Crippen LogP contribution in [0.5, 0.6) is 0 Å². The first kappa shape index (κ1) is 22.2. The van der Waals surface area contributed by atoms with Crippen LogP contribution >= 0.6 is 0 Å². The van der Waals surface area contributed by atoms with Gasteiger partial charge in [-0.15, -0.1) is 0 Å². The number of nitrogen functional groups attached to an aromatic ring is 1. The van der Waals surface area contributed by atoms with E-state index in [1.54, 1.807) is 0 Å². The van der Waals surface area contributed by atoms with Gasteiger partial charge in [-0.05, 0) is 54.4 Å². The molecule has 0 radical (unpaired) electrons. The molecule has 1 aromatic heterocycles. The number of piperidine rings is 1. The topological polar surface area (TPSA) is 87.1 Å². The van der Waals surface area contributed by atoms with E-state index in [-0.39, 0.29) is 11.7 Å². The van der Waals surface area contributed by atoms with Gasteiger partial charge in [-0.3, -0.25) is 10.2 Å². The average Bonchev–Trinajstić information content (AvgIpc) is 3.22. The molecule has 1 saturated heterocycles. The highest BCUT2D eigenvalue weighted by atomic mass is 16.1. The summed E-state index contributed by atoms with van der Waals surface area (Å²) >= 11 is 0. The number of hydrogen-bond acceptors (Lipinski definition) is 3. The monoisotopic (exact) mass is 453 g/mol. The summed E-state index contributed by atoms with van der Waals surface area (Å²) in [5.74, 6) is -0.0508. The number of hydrogen-bond donors (Lipinski definition) is 3. The molecule has 4 aromatic rings. The normalized spacial score (nSPS) is 14.5. The van der Waals surface area contributed by atoms with E-state index < -0.39 is 0 Å². The van der Waals surface area contributed by atoms with Crippen LogP contribution < -0.4 is 11.1 Å². The van der Waals surface area contributed by atoms with Crippen LogP contribution in [0.1, 0.15) is 40.9 Å². The number of nitrogens with zero attached hydrogens (tertiary/aromatic N) is 2. The molecule has 0 aliphatic carbocycles. The molecule has 3 aromatic carbocycles. The Morgan fingerprint density at radius 3 is 2.56 bits per heavy atom. The van der Waals surface area contributed by atoms with Crippen molar-refractivity contribution in [3.8, 4) is 0 Å². The Morgan fingerprint density at radius 1 is 0.941 bits per heavy atom. The minimum absolute atomic E-state index is 0.0207. The molecule has 1 aliphatic rings. The minimum atomic E-state index is -0.0715. The molecular weight excluding hydrogens is 422 g/mol. The lowest BCUT2D eigenvalue weighted by molar-refractivity contribution is 0.0938. The molecule has 0 spiro atoms. The van der Waals surface area contributed by atoms with Crippen molar-refractivity contribution in [2.24, 2.45) is 5.73 Å². The lowest BCUT2D eigenvalue weighted by Gasteiger charge is -2.26. The molecule has 4 N–H and O–H groups in total. The second-order valence-electron chi connectivity index (χ2n) is 9.10. The Kier molecular flexibility index (Phi) is 6.32. The third-order valence-electron chi connectivity index (χ3n) is 6.82. The van der Waals surface area contributed by atoms with E-state index in [1.165, 1.54) is 30.0 Å². The van der Waals surface area contributed by atoms with Gasteiger partial charge < -0.3 is 20.5 Å². The van der Waals surface area contributed by atoms with Crippen molar-refractivity contribution in [2.75, 3.05) is 26.2 Å². The van der Waals surface area contributed by atoms with E-state index in [0.29, 0.717) is 24.3 Å². The zero-order valence-corrected chi connectivity index (χ0v) is 19.4. The molecule has 0 atom stereocenters. The average molecular weight is 454 g/mol. The fraction of sp³-hybridized carbons (Fsp3) is 0.286. The molecular formula is C28H31N5O. The molecule has 6 nitrogen and oxygen atoms in total. The van der Waals surface area contributed by atoms with Gasteiger partial charge in [0.2, 0.25) is 0 Å². The molecule has 2 heterocycles. The molecule has 1 fully saturated rings. The van der Waals surface area contributed by atoms with Crippen molar-refractivity contribution >= 4 is 33.4 Å². The quantitative estimate of drug-likeness (QED) is 0.287. The first-order valence-corrected chi connectivity index (χ1v) is 12.0. The van der Waals surface area contributed by atoms with Crippen molar-refractivity contribution in [2.45, 2.75) is 25.8 Å². The van der Waals surface area contributed by atoms with Crippen molar-refractivity contribution < 1.29 is 4.79 Å². The van der Waals surface area contributed by atoms with E-state index in [1.807, 2.05) is 36.4 Å². The highest BCUT2D eigenvalue weighted by Crippen LogP contribution is 2.26. The number of aromatic nitrogens is 1. The van der Waals surface area contributed by atoms with Crippen molar-refractivity contribution in [3.05, 3.63) is 83.6 Å². The Morgan fingerprint density at radius 2 is 1.74 bits per heavy atom. The SMILES string of the molecule is N=C(N)c1ccc2cc(C(=O)NCCN3CCCCC3)n(Cc3cccc4ccccc34)c2c1. The number of nitrogens with one attached hydrogen (secondary N) is 2. The van der Waals surface area contributed by atoms with Crippen LogP contribution in [-0.2, 0) is 6.54 Å². The third kappa shape index (κ3) is 4.54. The van der Waals surface area contributed by atoms with Gasteiger partial charge in [0, 0.05) is 36.1 Å². The third-order valence-corrected chi connectivity index (χ3v) is 6.82. The number of carbonyl (C=O) groups excluding carboxylic acids is 1. The fourth-order valence-corrected chi connectivity index (χ4v) is 4.98. The van der Waals surface area contributed by atoms with E-state index >= 15 is 0 Å². The highest BCUT2D eigenvalue weighted by molar-refractivity contribution is 6.02. The Bertz CT molecular complexity index is 1340. The number of nitrogens with two attached hydrogens (primary N) is 1. The molecule has 5 rings (SSSR count). The second-order valence-corrected chi connectivity index (χ2v) is 9.10.